The van der Waals surface area contributed by atoms with Crippen molar-refractivity contribution in [1.82, 2.24) is 10.2 Å². The summed E-state index contributed by atoms with van der Waals surface area (Å²) in [5.74, 6) is -0.346. The summed E-state index contributed by atoms with van der Waals surface area (Å²) in [6.07, 6.45) is 9.37. The number of carbonyl (C=O) groups excluding carboxylic acids is 1. The number of amides is 2. The minimum absolute atomic E-state index is 0.00196. The summed E-state index contributed by atoms with van der Waals surface area (Å²) in [7, 11) is 0. The Morgan fingerprint density at radius 2 is 1.71 bits per heavy atom. The highest BCUT2D eigenvalue weighted by molar-refractivity contribution is 5.75. The van der Waals surface area contributed by atoms with Crippen LogP contribution in [0.1, 0.15) is 57.8 Å². The van der Waals surface area contributed by atoms with Crippen LogP contribution in [0.15, 0.2) is 0 Å². The Morgan fingerprint density at radius 3 is 2.38 bits per heavy atom. The van der Waals surface area contributed by atoms with E-state index in [4.69, 9.17) is 9.84 Å². The molecule has 6 nitrogen and oxygen atoms in total. The molecule has 0 aromatic rings. The van der Waals surface area contributed by atoms with E-state index in [9.17, 15) is 9.59 Å². The standard InChI is InChI=1S/C18H30N2O4/c21-17(22)14-6-8-15(9-7-14)19-18(23)20-10-11-24-16(12-20)13-4-2-1-3-5-13/h13-16H,1-12H2,(H,19,23)(H,21,22). The van der Waals surface area contributed by atoms with Gasteiger partial charge in [0.15, 0.2) is 0 Å². The number of carboxylic acid groups (broad SMARTS) is 1. The van der Waals surface area contributed by atoms with E-state index in [1.807, 2.05) is 4.90 Å². The molecule has 1 unspecified atom stereocenters. The highest BCUT2D eigenvalue weighted by Gasteiger charge is 2.32. The van der Waals surface area contributed by atoms with Crippen molar-refractivity contribution in [2.75, 3.05) is 19.7 Å². The van der Waals surface area contributed by atoms with Crippen LogP contribution in [-0.2, 0) is 9.53 Å². The lowest BCUT2D eigenvalue weighted by Gasteiger charge is -2.39. The second-order valence-corrected chi connectivity index (χ2v) is 7.59. The van der Waals surface area contributed by atoms with Gasteiger partial charge < -0.3 is 20.1 Å². The van der Waals surface area contributed by atoms with Gasteiger partial charge in [0.2, 0.25) is 0 Å². The van der Waals surface area contributed by atoms with E-state index >= 15 is 0 Å². The number of ether oxygens (including phenoxy) is 1. The number of nitrogens with one attached hydrogen (secondary N) is 1. The molecule has 2 saturated carbocycles. The fraction of sp³-hybridized carbons (Fsp3) is 0.889. The third kappa shape index (κ3) is 4.41. The highest BCUT2D eigenvalue weighted by Crippen LogP contribution is 2.30. The quantitative estimate of drug-likeness (QED) is 0.829. The van der Waals surface area contributed by atoms with Crippen molar-refractivity contribution < 1.29 is 19.4 Å². The maximum Gasteiger partial charge on any atom is 0.317 e. The number of rotatable bonds is 3. The van der Waals surface area contributed by atoms with Crippen molar-refractivity contribution in [3.63, 3.8) is 0 Å². The van der Waals surface area contributed by atoms with Gasteiger partial charge in [0.1, 0.15) is 0 Å². The topological polar surface area (TPSA) is 78.9 Å². The minimum Gasteiger partial charge on any atom is -0.481 e. The first-order valence-electron chi connectivity index (χ1n) is 9.53. The van der Waals surface area contributed by atoms with E-state index in [1.165, 1.54) is 32.1 Å². The fourth-order valence-electron chi connectivity index (χ4n) is 4.40. The van der Waals surface area contributed by atoms with E-state index in [0.29, 0.717) is 38.5 Å². The number of carbonyl (C=O) groups is 2. The Bertz CT molecular complexity index is 442. The highest BCUT2D eigenvalue weighted by atomic mass is 16.5. The number of hydrogen-bond donors (Lipinski definition) is 2. The van der Waals surface area contributed by atoms with E-state index in [-0.39, 0.29) is 24.1 Å². The molecule has 1 heterocycles. The Balaban J connectivity index is 1.45. The van der Waals surface area contributed by atoms with Crippen molar-refractivity contribution in [2.45, 2.75) is 69.9 Å². The number of urea groups is 1. The average Bonchev–Trinajstić information content (AvgIpc) is 2.63. The SMILES string of the molecule is O=C(O)C1CCC(NC(=O)N2CCOC(C3CCCCC3)C2)CC1. The van der Waals surface area contributed by atoms with Gasteiger partial charge in [-0.3, -0.25) is 4.79 Å². The molecule has 0 spiro atoms. The Hall–Kier alpha value is -1.30. The van der Waals surface area contributed by atoms with Gasteiger partial charge in [-0.05, 0) is 44.4 Å². The van der Waals surface area contributed by atoms with Crippen LogP contribution in [0.5, 0.6) is 0 Å². The minimum atomic E-state index is -0.705. The summed E-state index contributed by atoms with van der Waals surface area (Å²) < 4.78 is 5.94. The molecule has 0 bridgehead atoms. The Labute approximate surface area is 143 Å². The molecule has 1 aliphatic heterocycles. The number of hydrogen-bond acceptors (Lipinski definition) is 3. The molecule has 136 valence electrons. The number of nitrogens with zero attached hydrogens (tertiary/aromatic N) is 1. The van der Waals surface area contributed by atoms with Crippen LogP contribution in [0.4, 0.5) is 4.79 Å². The lowest BCUT2D eigenvalue weighted by Crippen LogP contribution is -2.53. The molecule has 2 aliphatic carbocycles. The molecule has 1 atom stereocenters. The normalized spacial score (nSPS) is 32.3. The van der Waals surface area contributed by atoms with E-state index in [2.05, 4.69) is 5.32 Å². The number of morpholine rings is 1. The zero-order chi connectivity index (χ0) is 16.9. The van der Waals surface area contributed by atoms with Crippen LogP contribution in [0.2, 0.25) is 0 Å². The molecule has 2 amide bonds. The second-order valence-electron chi connectivity index (χ2n) is 7.59. The van der Waals surface area contributed by atoms with Crippen LogP contribution in [0.25, 0.3) is 0 Å². The molecule has 3 rings (SSSR count). The van der Waals surface area contributed by atoms with Crippen LogP contribution in [-0.4, -0.2) is 53.8 Å². The summed E-state index contributed by atoms with van der Waals surface area (Å²) in [4.78, 5) is 25.5. The third-order valence-corrected chi connectivity index (χ3v) is 5.96. The van der Waals surface area contributed by atoms with Crippen LogP contribution in [0, 0.1) is 11.8 Å². The summed E-state index contributed by atoms with van der Waals surface area (Å²) in [5, 5.41) is 12.2. The molecule has 6 heteroatoms. The van der Waals surface area contributed by atoms with Crippen LogP contribution in [0.3, 0.4) is 0 Å². The Morgan fingerprint density at radius 1 is 1.00 bits per heavy atom. The second kappa shape index (κ2) is 8.19. The molecule has 3 fully saturated rings. The van der Waals surface area contributed by atoms with Crippen LogP contribution < -0.4 is 5.32 Å². The lowest BCUT2D eigenvalue weighted by atomic mass is 9.84. The van der Waals surface area contributed by atoms with Gasteiger partial charge >= 0.3 is 12.0 Å². The van der Waals surface area contributed by atoms with E-state index in [0.717, 1.165) is 12.8 Å². The first kappa shape index (κ1) is 17.5. The maximum atomic E-state index is 12.6. The fourth-order valence-corrected chi connectivity index (χ4v) is 4.40. The van der Waals surface area contributed by atoms with Crippen molar-refractivity contribution in [3.05, 3.63) is 0 Å². The maximum absolute atomic E-state index is 12.6. The number of aliphatic carboxylic acids is 1. The van der Waals surface area contributed by atoms with Gasteiger partial charge in [-0.1, -0.05) is 19.3 Å². The monoisotopic (exact) mass is 338 g/mol. The molecule has 2 N–H and O–H groups in total. The molecular formula is C18H30N2O4. The first-order valence-corrected chi connectivity index (χ1v) is 9.53. The smallest absolute Gasteiger partial charge is 0.317 e. The van der Waals surface area contributed by atoms with Crippen molar-refractivity contribution >= 4 is 12.0 Å². The predicted molar refractivity (Wildman–Crippen MR) is 89.8 cm³/mol. The summed E-state index contributed by atoms with van der Waals surface area (Å²) in [5.41, 5.74) is 0. The van der Waals surface area contributed by atoms with Gasteiger partial charge in [-0.15, -0.1) is 0 Å². The zero-order valence-corrected chi connectivity index (χ0v) is 14.4. The predicted octanol–water partition coefficient (Wildman–Crippen LogP) is 2.62. The van der Waals surface area contributed by atoms with Crippen LogP contribution >= 0.6 is 0 Å². The van der Waals surface area contributed by atoms with Gasteiger partial charge in [0, 0.05) is 19.1 Å². The molecule has 3 aliphatic rings. The molecule has 24 heavy (non-hydrogen) atoms. The van der Waals surface area contributed by atoms with E-state index in [1.54, 1.807) is 0 Å². The molecule has 0 radical (unpaired) electrons. The summed E-state index contributed by atoms with van der Waals surface area (Å²) >= 11 is 0. The Kier molecular flexibility index (Phi) is 5.98. The van der Waals surface area contributed by atoms with Crippen molar-refractivity contribution in [3.8, 4) is 0 Å². The van der Waals surface area contributed by atoms with Gasteiger partial charge in [0.25, 0.3) is 0 Å². The van der Waals surface area contributed by atoms with Crippen molar-refractivity contribution in [2.24, 2.45) is 11.8 Å². The number of carboxylic acids is 1. The molecule has 0 aromatic heterocycles. The zero-order valence-electron chi connectivity index (χ0n) is 14.4. The lowest BCUT2D eigenvalue weighted by molar-refractivity contribution is -0.142. The van der Waals surface area contributed by atoms with E-state index < -0.39 is 5.97 Å². The van der Waals surface area contributed by atoms with Gasteiger partial charge in [-0.2, -0.15) is 0 Å². The summed E-state index contributed by atoms with van der Waals surface area (Å²) in [6.45, 7) is 1.97. The third-order valence-electron chi connectivity index (χ3n) is 5.96. The van der Waals surface area contributed by atoms with Crippen molar-refractivity contribution in [1.29, 1.82) is 0 Å². The average molecular weight is 338 g/mol. The largest absolute Gasteiger partial charge is 0.481 e. The van der Waals surface area contributed by atoms with Gasteiger partial charge in [0.05, 0.1) is 18.6 Å². The molecular weight excluding hydrogens is 308 g/mol. The first-order chi connectivity index (χ1) is 11.6. The molecule has 1 saturated heterocycles. The van der Waals surface area contributed by atoms with Gasteiger partial charge in [-0.25, -0.2) is 4.79 Å². The molecule has 0 aromatic carbocycles. The summed E-state index contributed by atoms with van der Waals surface area (Å²) in [6, 6.07) is 0.113.